The summed E-state index contributed by atoms with van der Waals surface area (Å²) >= 11 is 2.24. The maximum Gasteiger partial charge on any atom is 0.238 e. The van der Waals surface area contributed by atoms with Gasteiger partial charge in [0.1, 0.15) is 5.82 Å². The van der Waals surface area contributed by atoms with E-state index in [1.165, 1.54) is 0 Å². The summed E-state index contributed by atoms with van der Waals surface area (Å²) in [5.74, 6) is 7.43. The molecule has 2 aromatic rings. The second-order valence-electron chi connectivity index (χ2n) is 7.34. The van der Waals surface area contributed by atoms with Gasteiger partial charge in [0.05, 0.1) is 29.4 Å². The smallest absolute Gasteiger partial charge is 0.238 e. The van der Waals surface area contributed by atoms with Crippen LogP contribution in [0, 0.1) is 23.2 Å². The normalized spacial score (nSPS) is 12.0. The third kappa shape index (κ3) is 8.87. The molecule has 33 heavy (non-hydrogen) atoms. The summed E-state index contributed by atoms with van der Waals surface area (Å²) in [5, 5.41) is 21.4. The molecule has 4 N–H and O–H groups in total. The van der Waals surface area contributed by atoms with Gasteiger partial charge in [-0.1, -0.05) is 48.3 Å². The van der Waals surface area contributed by atoms with Crippen molar-refractivity contribution >= 4 is 46.0 Å². The topological polar surface area (TPSA) is 115 Å². The van der Waals surface area contributed by atoms with E-state index in [4.69, 9.17) is 5.26 Å². The molecule has 0 saturated carbocycles. The molecule has 1 aromatic carbocycles. The van der Waals surface area contributed by atoms with Crippen molar-refractivity contribution in [1.82, 2.24) is 20.6 Å². The van der Waals surface area contributed by atoms with Crippen LogP contribution in [0.2, 0.25) is 0 Å². The average Bonchev–Trinajstić information content (AvgIpc) is 2.81. The summed E-state index contributed by atoms with van der Waals surface area (Å²) in [7, 11) is 1.79. The Balaban J connectivity index is 1.96. The first-order valence-corrected chi connectivity index (χ1v) is 12.2. The van der Waals surface area contributed by atoms with Crippen molar-refractivity contribution in [2.24, 2.45) is 0 Å². The SMILES string of the molecule is CCCNc1nc(Nc2ccc(C#N)cc2)ncc1C#CCCCNC(=O)C(NC)[C@@H](C)I. The molecule has 0 spiro atoms. The van der Waals surface area contributed by atoms with E-state index < -0.39 is 0 Å². The Kier molecular flexibility index (Phi) is 11.4. The van der Waals surface area contributed by atoms with Gasteiger partial charge in [-0.15, -0.1) is 0 Å². The molecule has 1 unspecified atom stereocenters. The maximum atomic E-state index is 12.2. The number of halogens is 1. The second-order valence-corrected chi connectivity index (χ2v) is 9.30. The van der Waals surface area contributed by atoms with Gasteiger partial charge in [-0.2, -0.15) is 10.2 Å². The van der Waals surface area contributed by atoms with Gasteiger partial charge in [-0.3, -0.25) is 4.79 Å². The minimum Gasteiger partial charge on any atom is -0.369 e. The van der Waals surface area contributed by atoms with Crippen molar-refractivity contribution in [3.05, 3.63) is 41.6 Å². The van der Waals surface area contributed by atoms with Crippen LogP contribution in [-0.2, 0) is 4.79 Å². The van der Waals surface area contributed by atoms with Crippen LogP contribution in [0.5, 0.6) is 0 Å². The number of rotatable bonds is 11. The Bertz CT molecular complexity index is 1010. The van der Waals surface area contributed by atoms with E-state index in [1.54, 1.807) is 25.4 Å². The van der Waals surface area contributed by atoms with Crippen molar-refractivity contribution in [1.29, 1.82) is 5.26 Å². The van der Waals surface area contributed by atoms with Crippen molar-refractivity contribution in [3.63, 3.8) is 0 Å². The van der Waals surface area contributed by atoms with Crippen molar-refractivity contribution in [3.8, 4) is 17.9 Å². The Morgan fingerprint density at radius 2 is 2.00 bits per heavy atom. The molecule has 0 fully saturated rings. The van der Waals surface area contributed by atoms with Crippen molar-refractivity contribution in [2.45, 2.75) is 43.1 Å². The van der Waals surface area contributed by atoms with Crippen molar-refractivity contribution < 1.29 is 4.79 Å². The predicted octanol–water partition coefficient (Wildman–Crippen LogP) is 3.57. The van der Waals surface area contributed by atoms with Crippen LogP contribution in [0.25, 0.3) is 0 Å². The number of aromatic nitrogens is 2. The first kappa shape index (κ1) is 26.4. The molecule has 2 rings (SSSR count). The highest BCUT2D eigenvalue weighted by atomic mass is 127. The van der Waals surface area contributed by atoms with Crippen LogP contribution < -0.4 is 21.3 Å². The minimum atomic E-state index is -0.197. The molecule has 0 radical (unpaired) electrons. The highest BCUT2D eigenvalue weighted by molar-refractivity contribution is 14.1. The second kappa shape index (κ2) is 14.3. The van der Waals surface area contributed by atoms with Gasteiger partial charge >= 0.3 is 0 Å². The molecule has 2 atom stereocenters. The third-order valence-electron chi connectivity index (χ3n) is 4.65. The summed E-state index contributed by atoms with van der Waals surface area (Å²) in [6.45, 7) is 5.45. The first-order valence-electron chi connectivity index (χ1n) is 10.9. The minimum absolute atomic E-state index is 0.0113. The fraction of sp³-hybridized carbons (Fsp3) is 0.417. The molecule has 0 saturated heterocycles. The molecule has 0 aliphatic carbocycles. The number of amides is 1. The van der Waals surface area contributed by atoms with E-state index in [0.29, 0.717) is 30.3 Å². The van der Waals surface area contributed by atoms with Gasteiger partial charge in [0.25, 0.3) is 0 Å². The summed E-state index contributed by atoms with van der Waals surface area (Å²) < 4.78 is 0.204. The summed E-state index contributed by atoms with van der Waals surface area (Å²) in [6.07, 6.45) is 4.08. The molecule has 0 bridgehead atoms. The van der Waals surface area contributed by atoms with Crippen LogP contribution in [0.1, 0.15) is 44.2 Å². The number of hydrogen-bond donors (Lipinski definition) is 4. The maximum absolute atomic E-state index is 12.2. The number of benzene rings is 1. The summed E-state index contributed by atoms with van der Waals surface area (Å²) in [6, 6.07) is 9.00. The lowest BCUT2D eigenvalue weighted by Gasteiger charge is -2.17. The van der Waals surface area contributed by atoms with E-state index in [9.17, 15) is 4.79 Å². The molecule has 1 aromatic heterocycles. The quantitative estimate of drug-likeness (QED) is 0.144. The number of nitrogens with zero attached hydrogens (tertiary/aromatic N) is 3. The fourth-order valence-corrected chi connectivity index (χ4v) is 3.58. The van der Waals surface area contributed by atoms with Crippen LogP contribution in [0.15, 0.2) is 30.5 Å². The number of anilines is 3. The number of carbonyl (C=O) groups is 1. The molecule has 1 amide bonds. The average molecular weight is 559 g/mol. The lowest BCUT2D eigenvalue weighted by Crippen LogP contribution is -2.47. The summed E-state index contributed by atoms with van der Waals surface area (Å²) in [5.41, 5.74) is 2.12. The molecule has 1 heterocycles. The van der Waals surface area contributed by atoms with E-state index in [2.05, 4.69) is 78.7 Å². The molecular formula is C24H30IN7O. The van der Waals surface area contributed by atoms with E-state index in [1.807, 2.05) is 19.1 Å². The Hall–Kier alpha value is -2.89. The zero-order valence-electron chi connectivity index (χ0n) is 19.2. The predicted molar refractivity (Wildman–Crippen MR) is 141 cm³/mol. The van der Waals surface area contributed by atoms with E-state index >= 15 is 0 Å². The molecule has 0 aliphatic heterocycles. The van der Waals surface area contributed by atoms with Crippen LogP contribution >= 0.6 is 22.6 Å². The van der Waals surface area contributed by atoms with Gasteiger partial charge in [0.15, 0.2) is 0 Å². The van der Waals surface area contributed by atoms with Gasteiger partial charge in [0.2, 0.25) is 11.9 Å². The molecule has 8 nitrogen and oxygen atoms in total. The van der Waals surface area contributed by atoms with Crippen LogP contribution in [-0.4, -0.2) is 46.0 Å². The number of likely N-dealkylation sites (N-methyl/N-ethyl adjacent to an activating group) is 1. The molecule has 0 aliphatic rings. The first-order chi connectivity index (χ1) is 16.0. The Morgan fingerprint density at radius 1 is 1.24 bits per heavy atom. The third-order valence-corrected chi connectivity index (χ3v) is 5.37. The number of alkyl halides is 1. The number of nitriles is 1. The lowest BCUT2D eigenvalue weighted by molar-refractivity contribution is -0.122. The van der Waals surface area contributed by atoms with E-state index in [-0.39, 0.29) is 15.9 Å². The van der Waals surface area contributed by atoms with Gasteiger partial charge in [-0.25, -0.2) is 4.98 Å². The highest BCUT2D eigenvalue weighted by Gasteiger charge is 2.20. The lowest BCUT2D eigenvalue weighted by atomic mass is 10.2. The molecular weight excluding hydrogens is 529 g/mol. The highest BCUT2D eigenvalue weighted by Crippen LogP contribution is 2.18. The zero-order valence-corrected chi connectivity index (χ0v) is 21.4. The zero-order chi connectivity index (χ0) is 24.1. The fourth-order valence-electron chi connectivity index (χ4n) is 2.89. The Morgan fingerprint density at radius 3 is 2.64 bits per heavy atom. The summed E-state index contributed by atoms with van der Waals surface area (Å²) in [4.78, 5) is 21.1. The van der Waals surface area contributed by atoms with Crippen LogP contribution in [0.3, 0.4) is 0 Å². The number of hydrogen-bond acceptors (Lipinski definition) is 7. The number of nitrogens with one attached hydrogen (secondary N) is 4. The van der Waals surface area contributed by atoms with Gasteiger partial charge in [0, 0.05) is 29.1 Å². The molecule has 9 heteroatoms. The standard InChI is InChI=1S/C24H30IN7O/c1-4-13-28-22-19(8-6-5-7-14-29-23(33)21(27-3)17(2)25)16-30-24(32-22)31-20-11-9-18(15-26)10-12-20/h9-12,16-17,21,27H,4-5,7,13-14H2,1-3H3,(H,29,33)(H2,28,30,31,32)/t17-,21?/m1/s1. The number of unbranched alkanes of at least 4 members (excludes halogenated alkanes) is 1. The largest absolute Gasteiger partial charge is 0.369 e. The molecule has 174 valence electrons. The van der Waals surface area contributed by atoms with E-state index in [0.717, 1.165) is 30.6 Å². The number of carbonyl (C=O) groups excluding carboxylic acids is 1. The van der Waals surface area contributed by atoms with Crippen LogP contribution in [0.4, 0.5) is 17.5 Å². The van der Waals surface area contributed by atoms with Gasteiger partial charge < -0.3 is 21.3 Å². The van der Waals surface area contributed by atoms with Crippen molar-refractivity contribution in [2.75, 3.05) is 30.8 Å². The monoisotopic (exact) mass is 559 g/mol. The van der Waals surface area contributed by atoms with Gasteiger partial charge in [-0.05, 0) is 44.2 Å². The Labute approximate surface area is 209 Å².